The van der Waals surface area contributed by atoms with E-state index in [2.05, 4.69) is 58.5 Å². The number of fused-ring (bicyclic) bond motifs is 11. The molecule has 0 aliphatic rings. The van der Waals surface area contributed by atoms with Crippen molar-refractivity contribution in [3.05, 3.63) is 175 Å². The van der Waals surface area contributed by atoms with Gasteiger partial charge in [-0.05, 0) is 67.6 Å². The van der Waals surface area contributed by atoms with E-state index in [1.807, 2.05) is 104 Å². The van der Waals surface area contributed by atoms with E-state index in [0.29, 0.717) is 27.3 Å². The van der Waals surface area contributed by atoms with Crippen LogP contribution in [0.3, 0.4) is 0 Å². The summed E-state index contributed by atoms with van der Waals surface area (Å²) in [5.41, 5.74) is 7.87. The number of phenolic OH excluding ortho intramolecular Hbond substituents is 1. The average Bonchev–Trinajstić information content (AvgIpc) is 3.30. The summed E-state index contributed by atoms with van der Waals surface area (Å²) < 4.78 is 5.15. The molecule has 5 aromatic heterocycles. The molecule has 0 bridgehead atoms. The molecule has 0 aliphatic carbocycles. The molecule has 0 aliphatic heterocycles. The lowest BCUT2D eigenvalue weighted by atomic mass is 9.99. The average molecular weight is 808 g/mol. The maximum Gasteiger partial charge on any atom is 0.340 e. The fourth-order valence-corrected chi connectivity index (χ4v) is 7.90. The topological polar surface area (TPSA) is 148 Å². The van der Waals surface area contributed by atoms with Gasteiger partial charge in [-0.25, -0.2) is 29.7 Å². The Kier molecular flexibility index (Phi) is 9.42. The van der Waals surface area contributed by atoms with Gasteiger partial charge in [-0.3, -0.25) is 4.79 Å². The van der Waals surface area contributed by atoms with Crippen LogP contribution in [-0.2, 0) is 4.79 Å². The molecule has 0 saturated carbocycles. The molecule has 0 saturated heterocycles. The lowest BCUT2D eigenvalue weighted by Crippen LogP contribution is -2.05. The number of nitrogens with zero attached hydrogens (tertiary/aromatic N) is 5. The quantitative estimate of drug-likeness (QED) is 0.100. The number of hydrogen-bond acceptors (Lipinski definition) is 9. The third kappa shape index (κ3) is 6.81. The van der Waals surface area contributed by atoms with Crippen LogP contribution < -0.4 is 4.74 Å². The molecular weight excluding hydrogens is 775 g/mol. The van der Waals surface area contributed by atoms with E-state index in [-0.39, 0.29) is 23.5 Å². The van der Waals surface area contributed by atoms with Crippen LogP contribution in [0.15, 0.2) is 164 Å². The fourth-order valence-electron chi connectivity index (χ4n) is 7.90. The van der Waals surface area contributed by atoms with Gasteiger partial charge in [-0.15, -0.1) is 0 Å². The van der Waals surface area contributed by atoms with Crippen LogP contribution in [0, 0.1) is 6.92 Å². The summed E-state index contributed by atoms with van der Waals surface area (Å²) in [6, 6.07) is 52.8. The molecule has 12 rings (SSSR count). The van der Waals surface area contributed by atoms with Crippen LogP contribution in [0.5, 0.6) is 11.5 Å². The molecule has 0 unspecified atom stereocenters. The zero-order chi connectivity index (χ0) is 42.3. The lowest BCUT2D eigenvalue weighted by Gasteiger charge is -2.13. The fraction of sp³-hybridized carbons (Fsp3) is 0.0192. The van der Waals surface area contributed by atoms with E-state index in [4.69, 9.17) is 19.7 Å². The van der Waals surface area contributed by atoms with Crippen LogP contribution >= 0.6 is 0 Å². The van der Waals surface area contributed by atoms with Crippen LogP contribution in [0.1, 0.15) is 16.1 Å². The maximum absolute atomic E-state index is 12.1. The van der Waals surface area contributed by atoms with Gasteiger partial charge in [0.15, 0.2) is 5.75 Å². The second-order valence-electron chi connectivity index (χ2n) is 14.8. The minimum absolute atomic E-state index is 0.0275. The van der Waals surface area contributed by atoms with Gasteiger partial charge in [0.2, 0.25) is 0 Å². The van der Waals surface area contributed by atoms with Gasteiger partial charge in [0, 0.05) is 54.2 Å². The molecular formula is C52H33N5O5. The number of ether oxygens (including phenoxy) is 1. The molecule has 0 amide bonds. The Hall–Kier alpha value is -8.63. The van der Waals surface area contributed by atoms with Crippen molar-refractivity contribution in [1.82, 2.24) is 24.9 Å². The minimum atomic E-state index is -1.20. The third-order valence-electron chi connectivity index (χ3n) is 10.8. The highest BCUT2D eigenvalue weighted by Gasteiger charge is 2.24. The van der Waals surface area contributed by atoms with E-state index < -0.39 is 5.97 Å². The molecule has 5 heterocycles. The molecule has 0 atom stereocenters. The van der Waals surface area contributed by atoms with E-state index in [9.17, 15) is 19.8 Å². The highest BCUT2D eigenvalue weighted by atomic mass is 16.5. The highest BCUT2D eigenvalue weighted by molar-refractivity contribution is 6.20. The van der Waals surface area contributed by atoms with Crippen molar-refractivity contribution in [2.24, 2.45) is 0 Å². The van der Waals surface area contributed by atoms with Crippen molar-refractivity contribution in [3.8, 4) is 11.5 Å². The minimum Gasteiger partial charge on any atom is -0.506 e. The summed E-state index contributed by atoms with van der Waals surface area (Å²) in [5, 5.41) is 27.3. The number of hydrogen-bond donors (Lipinski definition) is 2. The van der Waals surface area contributed by atoms with Crippen molar-refractivity contribution in [2.45, 2.75) is 6.92 Å². The third-order valence-corrected chi connectivity index (χ3v) is 10.8. The van der Waals surface area contributed by atoms with Gasteiger partial charge in [-0.2, -0.15) is 0 Å². The first-order chi connectivity index (χ1) is 30.3. The molecule has 12 aromatic rings. The zero-order valence-electron chi connectivity index (χ0n) is 33.0. The van der Waals surface area contributed by atoms with Crippen LogP contribution in [-0.4, -0.2) is 47.6 Å². The second kappa shape index (κ2) is 15.5. The van der Waals surface area contributed by atoms with Crippen LogP contribution in [0.4, 0.5) is 0 Å². The summed E-state index contributed by atoms with van der Waals surface area (Å²) in [4.78, 5) is 46.6. The first kappa shape index (κ1) is 37.6. The van der Waals surface area contributed by atoms with Crippen molar-refractivity contribution < 1.29 is 24.5 Å². The largest absolute Gasteiger partial charge is 0.506 e. The standard InChI is InChI=1S/C22H12N2O4.C20H12N2.C10H9NO/c25-11-28-21-15-10-13-6-2-4-8-17(13)24-20(15)19-14(18(21)22(26)27)9-12-5-1-3-7-16(12)23-19;1-3-7-17-13(5-1)11-15-9-10-16-12-14-6-2-4-8-18(14)22-20(16)19(15)21-17;1-7-5-6-8-3-2-4-9(12)10(8)11-7/h1-11H,(H,26,27);1-12H;2-6,12H,1H3. The lowest BCUT2D eigenvalue weighted by molar-refractivity contribution is -0.120. The van der Waals surface area contributed by atoms with Gasteiger partial charge >= 0.3 is 5.97 Å². The number of benzene rings is 7. The van der Waals surface area contributed by atoms with E-state index in [1.165, 1.54) is 0 Å². The van der Waals surface area contributed by atoms with Gasteiger partial charge < -0.3 is 14.9 Å². The monoisotopic (exact) mass is 807 g/mol. The summed E-state index contributed by atoms with van der Waals surface area (Å²) >= 11 is 0. The first-order valence-corrected chi connectivity index (χ1v) is 19.7. The number of carboxylic acids is 1. The van der Waals surface area contributed by atoms with Crippen molar-refractivity contribution in [2.75, 3.05) is 0 Å². The van der Waals surface area contributed by atoms with Gasteiger partial charge in [0.25, 0.3) is 6.47 Å². The molecule has 0 fully saturated rings. The van der Waals surface area contributed by atoms with Crippen molar-refractivity contribution in [3.63, 3.8) is 0 Å². The van der Waals surface area contributed by atoms with Crippen LogP contribution in [0.2, 0.25) is 0 Å². The first-order valence-electron chi connectivity index (χ1n) is 19.7. The molecule has 62 heavy (non-hydrogen) atoms. The molecule has 296 valence electrons. The Morgan fingerprint density at radius 3 is 1.42 bits per heavy atom. The molecule has 10 heteroatoms. The molecule has 10 nitrogen and oxygen atoms in total. The number of aromatic hydroxyl groups is 1. The second-order valence-corrected chi connectivity index (χ2v) is 14.8. The Balaban J connectivity index is 0.000000119. The molecule has 7 aromatic carbocycles. The van der Waals surface area contributed by atoms with Crippen molar-refractivity contribution in [1.29, 1.82) is 0 Å². The SMILES string of the molecule is Cc1ccc2cccc(O)c2n1.O=COc1c(C(=O)O)c2cc3ccccc3nc2c2nc3ccccc3cc12.c1ccc2nc3c(ccc4cc5ccccc5nc43)cc2c1. The Morgan fingerprint density at radius 2 is 0.903 bits per heavy atom. The van der Waals surface area contributed by atoms with E-state index in [1.54, 1.807) is 18.2 Å². The summed E-state index contributed by atoms with van der Waals surface area (Å²) in [6.45, 7) is 2.14. The van der Waals surface area contributed by atoms with E-state index >= 15 is 0 Å². The highest BCUT2D eigenvalue weighted by Crippen LogP contribution is 2.39. The number of phenols is 1. The number of pyridine rings is 5. The number of carbonyl (C=O) groups excluding carboxylic acids is 1. The number of carboxylic acid groups (broad SMARTS) is 1. The number of para-hydroxylation sites is 5. The van der Waals surface area contributed by atoms with E-state index in [0.717, 1.165) is 76.5 Å². The predicted molar refractivity (Wildman–Crippen MR) is 246 cm³/mol. The summed E-state index contributed by atoms with van der Waals surface area (Å²) in [5.74, 6) is -0.981. The number of rotatable bonds is 3. The normalized spacial score (nSPS) is 11.2. The van der Waals surface area contributed by atoms with Crippen LogP contribution in [0.25, 0.3) is 98.1 Å². The molecule has 2 N–H and O–H groups in total. The van der Waals surface area contributed by atoms with Gasteiger partial charge in [-0.1, -0.05) is 103 Å². The smallest absolute Gasteiger partial charge is 0.340 e. The number of aromatic nitrogens is 5. The van der Waals surface area contributed by atoms with Gasteiger partial charge in [0.05, 0.1) is 38.6 Å². The van der Waals surface area contributed by atoms with Crippen molar-refractivity contribution >= 4 is 111 Å². The Morgan fingerprint density at radius 1 is 0.468 bits per heavy atom. The zero-order valence-corrected chi connectivity index (χ0v) is 33.0. The maximum atomic E-state index is 12.1. The number of carbonyl (C=O) groups is 2. The molecule has 0 radical (unpaired) electrons. The summed E-state index contributed by atoms with van der Waals surface area (Å²) in [6.07, 6.45) is 0. The number of aromatic carboxylic acids is 1. The predicted octanol–water partition coefficient (Wildman–Crippen LogP) is 11.7. The number of aryl methyl sites for hydroxylation is 1. The Labute approximate surface area is 352 Å². The Bertz CT molecular complexity index is 3690. The van der Waals surface area contributed by atoms with Gasteiger partial charge in [0.1, 0.15) is 22.3 Å². The molecule has 0 spiro atoms. The summed E-state index contributed by atoms with van der Waals surface area (Å²) in [7, 11) is 0.